The van der Waals surface area contributed by atoms with Crippen LogP contribution in [0.3, 0.4) is 0 Å². The molecule has 0 bridgehead atoms. The summed E-state index contributed by atoms with van der Waals surface area (Å²) < 4.78 is 10.9. The summed E-state index contributed by atoms with van der Waals surface area (Å²) in [5.41, 5.74) is 2.35. The van der Waals surface area contributed by atoms with Crippen LogP contribution in [0.4, 0.5) is 0 Å². The zero-order chi connectivity index (χ0) is 21.9. The van der Waals surface area contributed by atoms with Crippen LogP contribution in [0.2, 0.25) is 0 Å². The molecule has 0 saturated heterocycles. The molecule has 2 aromatic carbocycles. The van der Waals surface area contributed by atoms with Crippen molar-refractivity contribution < 1.29 is 14.3 Å². The monoisotopic (exact) mass is 552 g/mol. The fourth-order valence-corrected chi connectivity index (χ4v) is 3.17. The van der Waals surface area contributed by atoms with Crippen LogP contribution in [0.15, 0.2) is 53.5 Å². The van der Waals surface area contributed by atoms with Gasteiger partial charge in [0.05, 0.1) is 7.11 Å². The van der Waals surface area contributed by atoms with Crippen molar-refractivity contribution in [3.05, 3.63) is 59.7 Å². The molecule has 32 heavy (non-hydrogen) atoms. The van der Waals surface area contributed by atoms with Crippen LogP contribution in [0, 0.1) is 0 Å². The average Bonchev–Trinajstić information content (AvgIpc) is 3.61. The molecule has 0 atom stereocenters. The van der Waals surface area contributed by atoms with E-state index in [4.69, 9.17) is 9.47 Å². The molecule has 1 aliphatic rings. The highest BCUT2D eigenvalue weighted by molar-refractivity contribution is 14.0. The largest absolute Gasteiger partial charge is 0.496 e. The van der Waals surface area contributed by atoms with Crippen molar-refractivity contribution in [2.75, 3.05) is 33.9 Å². The molecule has 0 spiro atoms. The molecule has 3 rings (SSSR count). The Morgan fingerprint density at radius 3 is 2.38 bits per heavy atom. The summed E-state index contributed by atoms with van der Waals surface area (Å²) in [4.78, 5) is 16.0. The van der Waals surface area contributed by atoms with E-state index < -0.39 is 0 Å². The maximum atomic E-state index is 11.7. The van der Waals surface area contributed by atoms with Crippen molar-refractivity contribution in [3.63, 3.8) is 0 Å². The van der Waals surface area contributed by atoms with Gasteiger partial charge in [0, 0.05) is 26.2 Å². The van der Waals surface area contributed by atoms with E-state index in [9.17, 15) is 4.79 Å². The highest BCUT2D eigenvalue weighted by atomic mass is 127. The van der Waals surface area contributed by atoms with Crippen molar-refractivity contribution in [1.82, 2.24) is 16.0 Å². The van der Waals surface area contributed by atoms with Crippen LogP contribution in [-0.4, -0.2) is 51.8 Å². The van der Waals surface area contributed by atoms with Gasteiger partial charge in [-0.05, 0) is 55.0 Å². The van der Waals surface area contributed by atoms with Gasteiger partial charge in [-0.25, -0.2) is 0 Å². The lowest BCUT2D eigenvalue weighted by Crippen LogP contribution is -2.39. The lowest BCUT2D eigenvalue weighted by molar-refractivity contribution is -0.123. The lowest BCUT2D eigenvalue weighted by atomic mass is 10.1. The molecule has 174 valence electrons. The fourth-order valence-electron chi connectivity index (χ4n) is 3.17. The standard InChI is InChI=1S/C24H32N4O3.HI/c1-25-24(27-16-14-19-5-3-4-6-22(19)30-2)26-15-13-18-7-11-21(12-8-18)31-17-23(29)28-20-9-10-20;/h3-8,11-12,20H,9-10,13-17H2,1-2H3,(H,28,29)(H2,25,26,27);1H. The first kappa shape index (κ1) is 25.8. The van der Waals surface area contributed by atoms with Crippen LogP contribution < -0.4 is 25.4 Å². The number of carbonyl (C=O) groups is 1. The van der Waals surface area contributed by atoms with Gasteiger partial charge in [-0.1, -0.05) is 30.3 Å². The molecule has 0 radical (unpaired) electrons. The number of carbonyl (C=O) groups excluding carboxylic acids is 1. The van der Waals surface area contributed by atoms with Gasteiger partial charge in [-0.3, -0.25) is 9.79 Å². The molecule has 8 heteroatoms. The van der Waals surface area contributed by atoms with Gasteiger partial charge in [0.2, 0.25) is 0 Å². The summed E-state index contributed by atoms with van der Waals surface area (Å²) in [5.74, 6) is 2.33. The summed E-state index contributed by atoms with van der Waals surface area (Å²) in [5, 5.41) is 9.58. The Bertz CT molecular complexity index is 870. The van der Waals surface area contributed by atoms with Gasteiger partial charge < -0.3 is 25.4 Å². The summed E-state index contributed by atoms with van der Waals surface area (Å²) in [7, 11) is 3.46. The zero-order valence-electron chi connectivity index (χ0n) is 18.7. The minimum absolute atomic E-state index is 0. The molecule has 2 aromatic rings. The molecule has 7 nitrogen and oxygen atoms in total. The molecule has 0 heterocycles. The van der Waals surface area contributed by atoms with Gasteiger partial charge in [-0.15, -0.1) is 24.0 Å². The number of nitrogens with one attached hydrogen (secondary N) is 3. The maximum absolute atomic E-state index is 11.7. The van der Waals surface area contributed by atoms with Gasteiger partial charge in [0.1, 0.15) is 11.5 Å². The smallest absolute Gasteiger partial charge is 0.258 e. The van der Waals surface area contributed by atoms with Gasteiger partial charge in [0.25, 0.3) is 5.91 Å². The number of benzene rings is 2. The number of nitrogens with zero attached hydrogens (tertiary/aromatic N) is 1. The molecular weight excluding hydrogens is 519 g/mol. The van der Waals surface area contributed by atoms with Crippen molar-refractivity contribution in [2.24, 2.45) is 4.99 Å². The number of hydrogen-bond acceptors (Lipinski definition) is 4. The number of guanidine groups is 1. The SMILES string of the molecule is CN=C(NCCc1ccc(OCC(=O)NC2CC2)cc1)NCCc1ccccc1OC.I. The molecule has 1 saturated carbocycles. The topological polar surface area (TPSA) is 84.0 Å². The Labute approximate surface area is 207 Å². The van der Waals surface area contributed by atoms with Crippen molar-refractivity contribution in [1.29, 1.82) is 0 Å². The Balaban J connectivity index is 0.00000363. The molecule has 1 aliphatic carbocycles. The first-order valence-corrected chi connectivity index (χ1v) is 10.8. The number of hydrogen-bond donors (Lipinski definition) is 3. The van der Waals surface area contributed by atoms with E-state index in [0.717, 1.165) is 50.5 Å². The molecule has 0 aromatic heterocycles. The third kappa shape index (κ3) is 8.94. The van der Waals surface area contributed by atoms with Crippen molar-refractivity contribution >= 4 is 35.8 Å². The number of methoxy groups -OCH3 is 1. The molecule has 3 N–H and O–H groups in total. The first-order valence-electron chi connectivity index (χ1n) is 10.8. The molecule has 1 fully saturated rings. The molecule has 0 unspecified atom stereocenters. The number of amides is 1. The van der Waals surface area contributed by atoms with Crippen LogP contribution in [0.5, 0.6) is 11.5 Å². The van der Waals surface area contributed by atoms with E-state index in [1.54, 1.807) is 14.2 Å². The van der Waals surface area contributed by atoms with Crippen LogP contribution in [0.1, 0.15) is 24.0 Å². The van der Waals surface area contributed by atoms with E-state index in [0.29, 0.717) is 11.8 Å². The number of para-hydroxylation sites is 1. The predicted molar refractivity (Wildman–Crippen MR) is 138 cm³/mol. The number of halogens is 1. The second kappa shape index (κ2) is 13.8. The Morgan fingerprint density at radius 2 is 1.72 bits per heavy atom. The quantitative estimate of drug-likeness (QED) is 0.227. The summed E-state index contributed by atoms with van der Waals surface area (Å²) in [6.45, 7) is 1.59. The van der Waals surface area contributed by atoms with Gasteiger partial charge in [-0.2, -0.15) is 0 Å². The number of ether oxygens (including phenoxy) is 2. The summed E-state index contributed by atoms with van der Waals surface area (Å²) in [6.07, 6.45) is 3.87. The summed E-state index contributed by atoms with van der Waals surface area (Å²) >= 11 is 0. The second-order valence-electron chi connectivity index (χ2n) is 7.51. The number of rotatable bonds is 11. The second-order valence-corrected chi connectivity index (χ2v) is 7.51. The highest BCUT2D eigenvalue weighted by Crippen LogP contribution is 2.19. The molecule has 0 aliphatic heterocycles. The fraction of sp³-hybridized carbons (Fsp3) is 0.417. The Hall–Kier alpha value is -2.49. The lowest BCUT2D eigenvalue weighted by Gasteiger charge is -2.13. The Kier molecular flexibility index (Phi) is 11.1. The van der Waals surface area contributed by atoms with Crippen molar-refractivity contribution in [2.45, 2.75) is 31.7 Å². The van der Waals surface area contributed by atoms with E-state index in [-0.39, 0.29) is 36.5 Å². The van der Waals surface area contributed by atoms with Gasteiger partial charge in [0.15, 0.2) is 12.6 Å². The first-order chi connectivity index (χ1) is 15.2. The minimum Gasteiger partial charge on any atom is -0.496 e. The minimum atomic E-state index is -0.0552. The summed E-state index contributed by atoms with van der Waals surface area (Å²) in [6, 6.07) is 16.2. The van der Waals surface area contributed by atoms with Crippen LogP contribution >= 0.6 is 24.0 Å². The molecule has 1 amide bonds. The maximum Gasteiger partial charge on any atom is 0.258 e. The van der Waals surface area contributed by atoms with Crippen LogP contribution in [-0.2, 0) is 17.6 Å². The van der Waals surface area contributed by atoms with E-state index in [2.05, 4.69) is 27.0 Å². The highest BCUT2D eigenvalue weighted by Gasteiger charge is 2.23. The van der Waals surface area contributed by atoms with Crippen molar-refractivity contribution in [3.8, 4) is 11.5 Å². The average molecular weight is 552 g/mol. The normalized spacial score (nSPS) is 13.0. The third-order valence-electron chi connectivity index (χ3n) is 5.04. The van der Waals surface area contributed by atoms with Crippen LogP contribution in [0.25, 0.3) is 0 Å². The zero-order valence-corrected chi connectivity index (χ0v) is 21.1. The van der Waals surface area contributed by atoms with Gasteiger partial charge >= 0.3 is 0 Å². The van der Waals surface area contributed by atoms with E-state index in [1.807, 2.05) is 42.5 Å². The predicted octanol–water partition coefficient (Wildman–Crippen LogP) is 2.92. The Morgan fingerprint density at radius 1 is 1.03 bits per heavy atom. The third-order valence-corrected chi connectivity index (χ3v) is 5.04. The van der Waals surface area contributed by atoms with E-state index in [1.165, 1.54) is 11.1 Å². The molecular formula is C24H33IN4O3. The number of aliphatic imine (C=N–C) groups is 1. The van der Waals surface area contributed by atoms with E-state index >= 15 is 0 Å².